The second-order valence-corrected chi connectivity index (χ2v) is 1.81. The van der Waals surface area contributed by atoms with Crippen molar-refractivity contribution in [2.24, 2.45) is 4.99 Å². The molecule has 1 fully saturated rings. The summed E-state index contributed by atoms with van der Waals surface area (Å²) in [5, 5.41) is 8.10. The molecule has 0 aliphatic carbocycles. The van der Waals surface area contributed by atoms with Gasteiger partial charge in [0.25, 0.3) is 0 Å². The van der Waals surface area contributed by atoms with Crippen molar-refractivity contribution in [3.05, 3.63) is 0 Å². The Hall–Kier alpha value is -0.650. The number of hydrogen-bond acceptors (Lipinski definition) is 4. The fourth-order valence-corrected chi connectivity index (χ4v) is 0.678. The first kappa shape index (κ1) is 7.46. The lowest BCUT2D eigenvalue weighted by molar-refractivity contribution is -0.0838. The van der Waals surface area contributed by atoms with Gasteiger partial charge in [-0.2, -0.15) is 0 Å². The summed E-state index contributed by atoms with van der Waals surface area (Å²) in [6, 6.07) is 0. The van der Waals surface area contributed by atoms with E-state index in [0.717, 1.165) is 0 Å². The van der Waals surface area contributed by atoms with Crippen molar-refractivity contribution in [1.29, 1.82) is 0 Å². The summed E-state index contributed by atoms with van der Waals surface area (Å²) in [7, 11) is 0. The third-order valence-electron chi connectivity index (χ3n) is 1.10. The van der Waals surface area contributed by atoms with Gasteiger partial charge in [0.2, 0.25) is 0 Å². The number of aliphatic imine (C=N–C) groups is 1. The van der Waals surface area contributed by atoms with Gasteiger partial charge in [-0.3, -0.25) is 10.7 Å². The van der Waals surface area contributed by atoms with Crippen LogP contribution in [-0.2, 0) is 9.47 Å². The second kappa shape index (κ2) is 4.21. The molecule has 10 heavy (non-hydrogen) atoms. The summed E-state index contributed by atoms with van der Waals surface area (Å²) in [6.45, 7) is 1.64. The molecule has 1 atom stereocenters. The predicted octanol–water partition coefficient (Wildman–Crippen LogP) is -0.634. The summed E-state index contributed by atoms with van der Waals surface area (Å²) in [4.78, 5) is 3.77. The van der Waals surface area contributed by atoms with E-state index in [9.17, 15) is 0 Å². The molecule has 0 spiro atoms. The van der Waals surface area contributed by atoms with Gasteiger partial charge in [-0.15, -0.1) is 0 Å². The van der Waals surface area contributed by atoms with Crippen LogP contribution in [0.3, 0.4) is 0 Å². The molecule has 1 saturated heterocycles. The molecule has 1 aliphatic rings. The molecule has 1 heterocycles. The van der Waals surface area contributed by atoms with E-state index in [1.807, 2.05) is 0 Å². The summed E-state index contributed by atoms with van der Waals surface area (Å²) >= 11 is 0. The molecule has 1 unspecified atom stereocenters. The van der Waals surface area contributed by atoms with Crippen LogP contribution >= 0.6 is 0 Å². The van der Waals surface area contributed by atoms with Crippen LogP contribution in [0.2, 0.25) is 0 Å². The van der Waals surface area contributed by atoms with Crippen molar-refractivity contribution in [2.45, 2.75) is 6.23 Å². The van der Waals surface area contributed by atoms with E-state index >= 15 is 0 Å². The average molecular weight is 146 g/mol. The van der Waals surface area contributed by atoms with Gasteiger partial charge in [-0.25, -0.2) is 4.99 Å². The van der Waals surface area contributed by atoms with E-state index < -0.39 is 0 Å². The molecular formula is C5H10N2O3. The van der Waals surface area contributed by atoms with E-state index in [1.165, 1.54) is 6.34 Å². The molecular weight excluding hydrogens is 136 g/mol. The number of hydrogen-bond donors (Lipinski definition) is 2. The van der Waals surface area contributed by atoms with E-state index in [2.05, 4.69) is 4.99 Å². The standard InChI is InChI=1S/C5H10N2O3/c8-7-4-6-5-3-9-1-2-10-5/h4-5,8H,1-3H2,(H,6,7). The molecule has 5 nitrogen and oxygen atoms in total. The van der Waals surface area contributed by atoms with Crippen molar-refractivity contribution < 1.29 is 14.7 Å². The lowest BCUT2D eigenvalue weighted by atomic mass is 10.5. The minimum atomic E-state index is -0.270. The lowest BCUT2D eigenvalue weighted by Crippen LogP contribution is -2.27. The van der Waals surface area contributed by atoms with Crippen LogP contribution in [0.15, 0.2) is 4.99 Å². The summed E-state index contributed by atoms with van der Waals surface area (Å²) in [5.41, 5.74) is 1.79. The molecule has 0 saturated carbocycles. The molecule has 0 aromatic heterocycles. The van der Waals surface area contributed by atoms with Gasteiger partial charge in [-0.05, 0) is 0 Å². The second-order valence-electron chi connectivity index (χ2n) is 1.81. The van der Waals surface area contributed by atoms with Gasteiger partial charge in [0.05, 0.1) is 19.8 Å². The average Bonchev–Trinajstić information content (AvgIpc) is 2.03. The quantitative estimate of drug-likeness (QED) is 0.309. The van der Waals surface area contributed by atoms with Gasteiger partial charge in [-0.1, -0.05) is 0 Å². The van der Waals surface area contributed by atoms with Gasteiger partial charge in [0.1, 0.15) is 6.34 Å². The van der Waals surface area contributed by atoms with E-state index in [-0.39, 0.29) is 6.23 Å². The SMILES string of the molecule is ONC=NC1COCCO1. The normalized spacial score (nSPS) is 27.1. The van der Waals surface area contributed by atoms with Crippen LogP contribution in [0, 0.1) is 0 Å². The zero-order chi connectivity index (χ0) is 7.23. The highest BCUT2D eigenvalue weighted by Gasteiger charge is 2.10. The number of hydroxylamine groups is 1. The Morgan fingerprint density at radius 1 is 1.60 bits per heavy atom. The van der Waals surface area contributed by atoms with Gasteiger partial charge >= 0.3 is 0 Å². The highest BCUT2D eigenvalue weighted by molar-refractivity contribution is 5.52. The van der Waals surface area contributed by atoms with Crippen LogP contribution in [0.1, 0.15) is 0 Å². The lowest BCUT2D eigenvalue weighted by Gasteiger charge is -2.18. The number of nitrogens with zero attached hydrogens (tertiary/aromatic N) is 1. The molecule has 1 rings (SSSR count). The van der Waals surface area contributed by atoms with Crippen molar-refractivity contribution in [1.82, 2.24) is 5.48 Å². The van der Waals surface area contributed by atoms with Crippen LogP contribution in [0.4, 0.5) is 0 Å². The van der Waals surface area contributed by atoms with E-state index in [4.69, 9.17) is 14.7 Å². The van der Waals surface area contributed by atoms with Crippen LogP contribution in [0.25, 0.3) is 0 Å². The number of ether oxygens (including phenoxy) is 2. The third-order valence-corrected chi connectivity index (χ3v) is 1.10. The minimum Gasteiger partial charge on any atom is -0.374 e. The van der Waals surface area contributed by atoms with Crippen molar-refractivity contribution >= 4 is 6.34 Å². The summed E-state index contributed by atoms with van der Waals surface area (Å²) in [5.74, 6) is 0. The van der Waals surface area contributed by atoms with Crippen molar-refractivity contribution in [3.63, 3.8) is 0 Å². The molecule has 0 amide bonds. The molecule has 1 aliphatic heterocycles. The van der Waals surface area contributed by atoms with Gasteiger partial charge in [0, 0.05) is 0 Å². The fourth-order valence-electron chi connectivity index (χ4n) is 0.678. The molecule has 0 aromatic rings. The summed E-state index contributed by atoms with van der Waals surface area (Å²) in [6.07, 6.45) is 0.896. The van der Waals surface area contributed by atoms with Crippen molar-refractivity contribution in [3.8, 4) is 0 Å². The minimum absolute atomic E-state index is 0.270. The zero-order valence-electron chi connectivity index (χ0n) is 5.49. The van der Waals surface area contributed by atoms with E-state index in [1.54, 1.807) is 5.48 Å². The highest BCUT2D eigenvalue weighted by Crippen LogP contribution is 1.99. The number of nitrogens with one attached hydrogen (secondary N) is 1. The zero-order valence-corrected chi connectivity index (χ0v) is 5.49. The first-order chi connectivity index (χ1) is 4.93. The first-order valence-electron chi connectivity index (χ1n) is 3.04. The van der Waals surface area contributed by atoms with Crippen molar-refractivity contribution in [2.75, 3.05) is 19.8 Å². The molecule has 2 N–H and O–H groups in total. The maximum atomic E-state index is 8.10. The Morgan fingerprint density at radius 3 is 3.10 bits per heavy atom. The molecule has 0 bridgehead atoms. The highest BCUT2D eigenvalue weighted by atomic mass is 16.6. The Kier molecular flexibility index (Phi) is 3.14. The Morgan fingerprint density at radius 2 is 2.50 bits per heavy atom. The van der Waals surface area contributed by atoms with Crippen LogP contribution < -0.4 is 5.48 Å². The smallest absolute Gasteiger partial charge is 0.173 e. The fraction of sp³-hybridized carbons (Fsp3) is 0.800. The monoisotopic (exact) mass is 146 g/mol. The number of rotatable bonds is 2. The van der Waals surface area contributed by atoms with Gasteiger partial charge < -0.3 is 9.47 Å². The van der Waals surface area contributed by atoms with Crippen LogP contribution in [0.5, 0.6) is 0 Å². The molecule has 0 aromatic carbocycles. The van der Waals surface area contributed by atoms with Gasteiger partial charge in [0.15, 0.2) is 6.23 Å². The topological polar surface area (TPSA) is 63.1 Å². The third kappa shape index (κ3) is 2.30. The molecule has 0 radical (unpaired) electrons. The predicted molar refractivity (Wildman–Crippen MR) is 34.0 cm³/mol. The van der Waals surface area contributed by atoms with E-state index in [0.29, 0.717) is 19.8 Å². The Bertz CT molecular complexity index is 111. The maximum absolute atomic E-state index is 8.10. The Labute approximate surface area is 58.6 Å². The first-order valence-corrected chi connectivity index (χ1v) is 3.04. The largest absolute Gasteiger partial charge is 0.374 e. The summed E-state index contributed by atoms with van der Waals surface area (Å²) < 4.78 is 10.1. The maximum Gasteiger partial charge on any atom is 0.173 e. The molecule has 58 valence electrons. The van der Waals surface area contributed by atoms with Crippen LogP contribution in [-0.4, -0.2) is 37.6 Å². The Balaban J connectivity index is 2.19. The molecule has 5 heteroatoms.